The monoisotopic (exact) mass is 226 g/mol. The van der Waals surface area contributed by atoms with E-state index in [1.165, 1.54) is 30.4 Å². The van der Waals surface area contributed by atoms with E-state index >= 15 is 0 Å². The molecule has 0 aliphatic carbocycles. The highest BCUT2D eigenvalue weighted by Gasteiger charge is 1.95. The van der Waals surface area contributed by atoms with Crippen molar-refractivity contribution in [3.63, 3.8) is 0 Å². The Hall–Kier alpha value is -1.70. The molecule has 2 heteroatoms. The number of aryl methyl sites for hydroxylation is 2. The minimum Gasteiger partial charge on any atom is -0.264 e. The normalized spacial score (nSPS) is 10.4. The lowest BCUT2D eigenvalue weighted by molar-refractivity contribution is 0.676. The van der Waals surface area contributed by atoms with Crippen LogP contribution in [0, 0.1) is 0 Å². The maximum atomic E-state index is 4.12. The molecule has 2 nitrogen and oxygen atoms in total. The molecule has 2 rings (SSSR count). The number of nitrogens with zero attached hydrogens (tertiary/aromatic N) is 2. The van der Waals surface area contributed by atoms with Gasteiger partial charge in [0.2, 0.25) is 0 Å². The van der Waals surface area contributed by atoms with Gasteiger partial charge in [0.15, 0.2) is 0 Å². The highest BCUT2D eigenvalue weighted by Crippen LogP contribution is 2.08. The van der Waals surface area contributed by atoms with E-state index in [2.05, 4.69) is 22.1 Å². The van der Waals surface area contributed by atoms with Gasteiger partial charge in [-0.3, -0.25) is 9.97 Å². The lowest BCUT2D eigenvalue weighted by Crippen LogP contribution is -1.89. The van der Waals surface area contributed by atoms with Gasteiger partial charge in [0.25, 0.3) is 0 Å². The van der Waals surface area contributed by atoms with Crippen LogP contribution in [0.5, 0.6) is 0 Å². The average Bonchev–Trinajstić information content (AvgIpc) is 2.41. The molecule has 0 atom stereocenters. The van der Waals surface area contributed by atoms with E-state index in [1.54, 1.807) is 0 Å². The Balaban J connectivity index is 1.61. The Morgan fingerprint density at radius 3 is 1.65 bits per heavy atom. The molecule has 0 aliphatic heterocycles. The lowest BCUT2D eigenvalue weighted by Gasteiger charge is -2.02. The Bertz CT molecular complexity index is 370. The van der Waals surface area contributed by atoms with E-state index in [9.17, 15) is 0 Å². The second-order valence-electron chi connectivity index (χ2n) is 4.28. The number of aromatic nitrogens is 2. The molecule has 0 bridgehead atoms. The van der Waals surface area contributed by atoms with Gasteiger partial charge in [0.1, 0.15) is 0 Å². The van der Waals surface area contributed by atoms with Gasteiger partial charge in [-0.05, 0) is 48.9 Å². The van der Waals surface area contributed by atoms with E-state index in [0.717, 1.165) is 12.8 Å². The van der Waals surface area contributed by atoms with Crippen molar-refractivity contribution in [2.24, 2.45) is 0 Å². The lowest BCUT2D eigenvalue weighted by atomic mass is 10.1. The quantitative estimate of drug-likeness (QED) is 0.705. The fraction of sp³-hybridized carbons (Fsp3) is 0.333. The first-order valence-electron chi connectivity index (χ1n) is 6.23. The van der Waals surface area contributed by atoms with Crippen molar-refractivity contribution in [2.75, 3.05) is 0 Å². The first-order valence-corrected chi connectivity index (χ1v) is 6.23. The van der Waals surface area contributed by atoms with Crippen molar-refractivity contribution in [2.45, 2.75) is 32.1 Å². The van der Waals surface area contributed by atoms with Gasteiger partial charge in [-0.15, -0.1) is 0 Å². The molecular weight excluding hydrogens is 208 g/mol. The van der Waals surface area contributed by atoms with Crippen molar-refractivity contribution in [1.29, 1.82) is 0 Å². The molecule has 0 saturated carbocycles. The Morgan fingerprint density at radius 1 is 0.706 bits per heavy atom. The SMILES string of the molecule is c1cncc(CCCCCc2cccnc2)c1. The van der Waals surface area contributed by atoms with Crippen LogP contribution in [0.4, 0.5) is 0 Å². The van der Waals surface area contributed by atoms with Crippen LogP contribution >= 0.6 is 0 Å². The molecule has 2 aromatic heterocycles. The van der Waals surface area contributed by atoms with Crippen LogP contribution in [-0.4, -0.2) is 9.97 Å². The average molecular weight is 226 g/mol. The fourth-order valence-electron chi connectivity index (χ4n) is 1.93. The third-order valence-corrected chi connectivity index (χ3v) is 2.88. The predicted molar refractivity (Wildman–Crippen MR) is 69.7 cm³/mol. The molecule has 0 aromatic carbocycles. The standard InChI is InChI=1S/C15H18N2/c1(2-6-14-8-4-10-16-12-14)3-7-15-9-5-11-17-13-15/h4-5,8-13H,1-3,6-7H2. The molecule has 0 aliphatic rings. The van der Waals surface area contributed by atoms with Gasteiger partial charge in [0, 0.05) is 24.8 Å². The van der Waals surface area contributed by atoms with Crippen molar-refractivity contribution in [3.05, 3.63) is 60.2 Å². The van der Waals surface area contributed by atoms with Crippen molar-refractivity contribution in [3.8, 4) is 0 Å². The predicted octanol–water partition coefficient (Wildman–Crippen LogP) is 3.43. The van der Waals surface area contributed by atoms with Gasteiger partial charge in [0.05, 0.1) is 0 Å². The summed E-state index contributed by atoms with van der Waals surface area (Å²) in [6.07, 6.45) is 13.6. The fourth-order valence-corrected chi connectivity index (χ4v) is 1.93. The van der Waals surface area contributed by atoms with Crippen LogP contribution in [0.2, 0.25) is 0 Å². The Labute approximate surface area is 103 Å². The number of rotatable bonds is 6. The van der Waals surface area contributed by atoms with Crippen LogP contribution in [0.25, 0.3) is 0 Å². The summed E-state index contributed by atoms with van der Waals surface area (Å²) in [6.45, 7) is 0. The number of pyridine rings is 2. The number of hydrogen-bond acceptors (Lipinski definition) is 2. The zero-order chi connectivity index (χ0) is 11.8. The second kappa shape index (κ2) is 6.79. The maximum Gasteiger partial charge on any atom is 0.0299 e. The molecule has 0 spiro atoms. The van der Waals surface area contributed by atoms with Gasteiger partial charge in [-0.1, -0.05) is 18.6 Å². The zero-order valence-corrected chi connectivity index (χ0v) is 10.0. The maximum absolute atomic E-state index is 4.12. The minimum atomic E-state index is 1.14. The largest absolute Gasteiger partial charge is 0.264 e. The van der Waals surface area contributed by atoms with Crippen LogP contribution in [0.15, 0.2) is 49.1 Å². The first kappa shape index (κ1) is 11.8. The van der Waals surface area contributed by atoms with Crippen molar-refractivity contribution in [1.82, 2.24) is 9.97 Å². The molecule has 2 aromatic rings. The summed E-state index contributed by atoms with van der Waals surface area (Å²) in [5.74, 6) is 0. The third-order valence-electron chi connectivity index (χ3n) is 2.88. The van der Waals surface area contributed by atoms with E-state index in [-0.39, 0.29) is 0 Å². The molecule has 0 saturated heterocycles. The van der Waals surface area contributed by atoms with E-state index in [4.69, 9.17) is 0 Å². The highest BCUT2D eigenvalue weighted by atomic mass is 14.6. The summed E-state index contributed by atoms with van der Waals surface area (Å²) in [5.41, 5.74) is 2.68. The second-order valence-corrected chi connectivity index (χ2v) is 4.28. The highest BCUT2D eigenvalue weighted by molar-refractivity contribution is 5.09. The van der Waals surface area contributed by atoms with Crippen LogP contribution in [0.1, 0.15) is 30.4 Å². The molecular formula is C15H18N2. The van der Waals surface area contributed by atoms with Crippen molar-refractivity contribution < 1.29 is 0 Å². The smallest absolute Gasteiger partial charge is 0.0299 e. The van der Waals surface area contributed by atoms with Gasteiger partial charge in [-0.25, -0.2) is 0 Å². The third kappa shape index (κ3) is 4.35. The molecule has 0 unspecified atom stereocenters. The molecule has 17 heavy (non-hydrogen) atoms. The van der Waals surface area contributed by atoms with Crippen LogP contribution in [-0.2, 0) is 12.8 Å². The van der Waals surface area contributed by atoms with Crippen LogP contribution < -0.4 is 0 Å². The molecule has 0 N–H and O–H groups in total. The Kier molecular flexibility index (Phi) is 4.70. The topological polar surface area (TPSA) is 25.8 Å². The summed E-state index contributed by atoms with van der Waals surface area (Å²) in [4.78, 5) is 8.25. The summed E-state index contributed by atoms with van der Waals surface area (Å²) in [5, 5.41) is 0. The van der Waals surface area contributed by atoms with Crippen LogP contribution in [0.3, 0.4) is 0 Å². The summed E-state index contributed by atoms with van der Waals surface area (Å²) >= 11 is 0. The van der Waals surface area contributed by atoms with E-state index in [0.29, 0.717) is 0 Å². The number of hydrogen-bond donors (Lipinski definition) is 0. The molecule has 88 valence electrons. The summed E-state index contributed by atoms with van der Waals surface area (Å²) in [7, 11) is 0. The minimum absolute atomic E-state index is 1.14. The number of unbranched alkanes of at least 4 members (excludes halogenated alkanes) is 2. The summed E-state index contributed by atoms with van der Waals surface area (Å²) < 4.78 is 0. The first-order chi connectivity index (χ1) is 8.45. The molecule has 0 amide bonds. The van der Waals surface area contributed by atoms with Crippen molar-refractivity contribution >= 4 is 0 Å². The van der Waals surface area contributed by atoms with Gasteiger partial charge in [-0.2, -0.15) is 0 Å². The molecule has 0 radical (unpaired) electrons. The molecule has 2 heterocycles. The van der Waals surface area contributed by atoms with E-state index < -0.39 is 0 Å². The molecule has 0 fully saturated rings. The van der Waals surface area contributed by atoms with E-state index in [1.807, 2.05) is 36.9 Å². The summed E-state index contributed by atoms with van der Waals surface area (Å²) in [6, 6.07) is 8.30. The van der Waals surface area contributed by atoms with Gasteiger partial charge >= 0.3 is 0 Å². The Morgan fingerprint density at radius 2 is 1.24 bits per heavy atom. The zero-order valence-electron chi connectivity index (χ0n) is 10.0. The van der Waals surface area contributed by atoms with Gasteiger partial charge < -0.3 is 0 Å².